The Morgan fingerprint density at radius 1 is 0.744 bits per heavy atom. The molecule has 0 fully saturated rings. The summed E-state index contributed by atoms with van der Waals surface area (Å²) in [4.78, 5) is 50.2. The van der Waals surface area contributed by atoms with Crippen molar-refractivity contribution in [2.75, 3.05) is 13.2 Å². The minimum absolute atomic E-state index is 0.0845. The molecule has 0 spiro atoms. The second kappa shape index (κ2) is 16.1. The van der Waals surface area contributed by atoms with Crippen molar-refractivity contribution >= 4 is 23.8 Å². The van der Waals surface area contributed by atoms with Gasteiger partial charge in [0.25, 0.3) is 11.8 Å². The number of ether oxygens (including phenoxy) is 3. The van der Waals surface area contributed by atoms with E-state index in [0.29, 0.717) is 18.6 Å². The number of para-hydroxylation sites is 1. The van der Waals surface area contributed by atoms with E-state index in [1.165, 1.54) is 36.4 Å². The van der Waals surface area contributed by atoms with Crippen LogP contribution >= 0.6 is 0 Å². The predicted molar refractivity (Wildman–Crippen MR) is 157 cm³/mol. The average molecular weight is 589 g/mol. The molecule has 43 heavy (non-hydrogen) atoms. The highest BCUT2D eigenvalue weighted by molar-refractivity contribution is 6.07. The summed E-state index contributed by atoms with van der Waals surface area (Å²) in [6.07, 6.45) is 8.72. The summed E-state index contributed by atoms with van der Waals surface area (Å²) in [5.74, 6) is -3.25. The molecular weight excluding hydrogens is 556 g/mol. The molecule has 3 aromatic rings. The van der Waals surface area contributed by atoms with Gasteiger partial charge in [-0.3, -0.25) is 9.59 Å². The Kier molecular flexibility index (Phi) is 12.0. The van der Waals surface area contributed by atoms with Crippen LogP contribution in [-0.4, -0.2) is 53.3 Å². The zero-order chi connectivity index (χ0) is 31.2. The highest BCUT2D eigenvalue weighted by Gasteiger charge is 2.24. The van der Waals surface area contributed by atoms with E-state index >= 15 is 0 Å². The molecule has 3 aromatic carbocycles. The third kappa shape index (κ3) is 9.54. The number of nitrogens with one attached hydrogen (secondary N) is 2. The topological polar surface area (TPSA) is 160 Å². The van der Waals surface area contributed by atoms with Gasteiger partial charge in [0.15, 0.2) is 0 Å². The van der Waals surface area contributed by atoms with Gasteiger partial charge in [-0.25, -0.2) is 9.59 Å². The van der Waals surface area contributed by atoms with Crippen LogP contribution in [-0.2, 0) is 0 Å². The van der Waals surface area contributed by atoms with E-state index in [1.807, 2.05) is 31.2 Å². The van der Waals surface area contributed by atoms with Crippen molar-refractivity contribution in [1.29, 1.82) is 0 Å². The van der Waals surface area contributed by atoms with E-state index in [1.54, 1.807) is 12.1 Å². The normalized spacial score (nSPS) is 11.0. The van der Waals surface area contributed by atoms with Crippen LogP contribution in [0.2, 0.25) is 0 Å². The molecule has 1 atom stereocenters. The summed E-state index contributed by atoms with van der Waals surface area (Å²) in [6.45, 7) is 2.33. The molecule has 0 radical (unpaired) electrons. The molecule has 4 N–H and O–H groups in total. The van der Waals surface area contributed by atoms with Crippen molar-refractivity contribution in [2.24, 2.45) is 0 Å². The number of terminal acetylenes is 1. The maximum Gasteiger partial charge on any atom is 0.336 e. The third-order valence-corrected chi connectivity index (χ3v) is 6.18. The minimum atomic E-state index is -1.35. The lowest BCUT2D eigenvalue weighted by atomic mass is 10.0. The largest absolute Gasteiger partial charge is 0.490 e. The van der Waals surface area contributed by atoms with E-state index < -0.39 is 29.9 Å². The third-order valence-electron chi connectivity index (χ3n) is 6.18. The number of carboxylic acids is 2. The Hall–Kier alpha value is -5.50. The van der Waals surface area contributed by atoms with Crippen LogP contribution in [0.15, 0.2) is 66.7 Å². The Morgan fingerprint density at radius 2 is 1.28 bits per heavy atom. The summed E-state index contributed by atoms with van der Waals surface area (Å²) in [5.41, 5.74) is -0.972. The number of carbonyl (C=O) groups is 4. The minimum Gasteiger partial charge on any atom is -0.490 e. The molecule has 0 aromatic heterocycles. The quantitative estimate of drug-likeness (QED) is 0.107. The van der Waals surface area contributed by atoms with Crippen LogP contribution < -0.4 is 24.8 Å². The van der Waals surface area contributed by atoms with Crippen LogP contribution in [0.4, 0.5) is 0 Å². The number of hydrogen-bond donors (Lipinski definition) is 4. The molecule has 0 aliphatic rings. The van der Waals surface area contributed by atoms with Gasteiger partial charge in [0.05, 0.1) is 22.3 Å². The molecule has 1 unspecified atom stereocenters. The SMILES string of the molecule is C#COc1ccc(C(=O)O)c(C(=O)NC(CCCCC)NC(=O)c2cc(OCCOc3ccccc3)ccc2C(=O)O)c1. The molecule has 0 heterocycles. The summed E-state index contributed by atoms with van der Waals surface area (Å²) in [7, 11) is 0. The molecule has 11 heteroatoms. The molecule has 224 valence electrons. The predicted octanol–water partition coefficient (Wildman–Crippen LogP) is 4.58. The molecule has 0 saturated heterocycles. The fourth-order valence-electron chi connectivity index (χ4n) is 4.10. The lowest BCUT2D eigenvalue weighted by molar-refractivity contribution is 0.0683. The van der Waals surface area contributed by atoms with Gasteiger partial charge in [-0.1, -0.05) is 44.4 Å². The van der Waals surface area contributed by atoms with Gasteiger partial charge in [-0.15, -0.1) is 0 Å². The van der Waals surface area contributed by atoms with Crippen LogP contribution in [0.1, 0.15) is 74.0 Å². The van der Waals surface area contributed by atoms with E-state index in [2.05, 4.69) is 10.6 Å². The van der Waals surface area contributed by atoms with E-state index in [9.17, 15) is 29.4 Å². The maximum atomic E-state index is 13.4. The second-order valence-corrected chi connectivity index (χ2v) is 9.25. The summed E-state index contributed by atoms with van der Waals surface area (Å²) < 4.78 is 16.2. The smallest absolute Gasteiger partial charge is 0.336 e. The Labute approximate surface area is 248 Å². The fraction of sp³-hybridized carbons (Fsp3) is 0.250. The first-order valence-corrected chi connectivity index (χ1v) is 13.5. The van der Waals surface area contributed by atoms with Gasteiger partial charge in [0.1, 0.15) is 42.7 Å². The Bertz CT molecular complexity index is 1480. The van der Waals surface area contributed by atoms with Crippen LogP contribution in [0, 0.1) is 12.5 Å². The molecular formula is C32H32N2O9. The van der Waals surface area contributed by atoms with Crippen LogP contribution in [0.25, 0.3) is 0 Å². The Morgan fingerprint density at radius 3 is 1.81 bits per heavy atom. The first-order chi connectivity index (χ1) is 20.7. The monoisotopic (exact) mass is 588 g/mol. The standard InChI is InChI=1S/C32H32N2O9/c1-3-5-7-12-28(33-29(35)26-19-22(41-4-2)13-15-24(26)31(37)38)34-30(36)27-20-23(14-16-25(27)32(39)40)43-18-17-42-21-10-8-6-9-11-21/h2,6,8-11,13-16,19-20,28H,3,5,7,12,17-18H2,1H3,(H,33,35)(H,34,36)(H,37,38)(H,39,40). The van der Waals surface area contributed by atoms with Crippen molar-refractivity contribution in [3.63, 3.8) is 0 Å². The van der Waals surface area contributed by atoms with Crippen molar-refractivity contribution in [3.05, 3.63) is 89.0 Å². The van der Waals surface area contributed by atoms with Gasteiger partial charge in [-0.05, 0) is 61.4 Å². The zero-order valence-electron chi connectivity index (χ0n) is 23.5. The van der Waals surface area contributed by atoms with E-state index in [-0.39, 0.29) is 47.0 Å². The molecule has 0 saturated carbocycles. The lowest BCUT2D eigenvalue weighted by Crippen LogP contribution is -2.48. The first-order valence-electron chi connectivity index (χ1n) is 13.5. The van der Waals surface area contributed by atoms with Gasteiger partial charge < -0.3 is 35.1 Å². The van der Waals surface area contributed by atoms with Gasteiger partial charge in [0, 0.05) is 0 Å². The average Bonchev–Trinajstić information content (AvgIpc) is 2.99. The lowest BCUT2D eigenvalue weighted by Gasteiger charge is -2.22. The van der Waals surface area contributed by atoms with Crippen LogP contribution in [0.5, 0.6) is 17.2 Å². The van der Waals surface area contributed by atoms with E-state index in [0.717, 1.165) is 12.8 Å². The van der Waals surface area contributed by atoms with E-state index in [4.69, 9.17) is 20.6 Å². The Balaban J connectivity index is 1.78. The summed E-state index contributed by atoms with van der Waals surface area (Å²) >= 11 is 0. The number of unbranched alkanes of at least 4 members (excludes halogenated alkanes) is 2. The van der Waals surface area contributed by atoms with Gasteiger partial charge >= 0.3 is 11.9 Å². The first kappa shape index (κ1) is 32.0. The van der Waals surface area contributed by atoms with Gasteiger partial charge in [-0.2, -0.15) is 0 Å². The molecule has 0 aliphatic heterocycles. The van der Waals surface area contributed by atoms with Crippen molar-refractivity contribution in [3.8, 4) is 29.8 Å². The molecule has 11 nitrogen and oxygen atoms in total. The molecule has 0 aliphatic carbocycles. The van der Waals surface area contributed by atoms with Crippen molar-refractivity contribution in [1.82, 2.24) is 10.6 Å². The zero-order valence-corrected chi connectivity index (χ0v) is 23.5. The number of hydrogen-bond acceptors (Lipinski definition) is 7. The second-order valence-electron chi connectivity index (χ2n) is 9.25. The fourth-order valence-corrected chi connectivity index (χ4v) is 4.10. The highest BCUT2D eigenvalue weighted by atomic mass is 16.5. The number of carbonyl (C=O) groups excluding carboxylic acids is 2. The molecule has 3 rings (SSSR count). The number of carboxylic acid groups (broad SMARTS) is 2. The van der Waals surface area contributed by atoms with Crippen LogP contribution in [0.3, 0.4) is 0 Å². The van der Waals surface area contributed by atoms with Gasteiger partial charge in [0.2, 0.25) is 0 Å². The number of aromatic carboxylic acids is 2. The summed E-state index contributed by atoms with van der Waals surface area (Å²) in [6, 6.07) is 16.8. The number of benzene rings is 3. The molecule has 0 bridgehead atoms. The number of amides is 2. The van der Waals surface area contributed by atoms with Crippen molar-refractivity contribution in [2.45, 2.75) is 38.8 Å². The highest BCUT2D eigenvalue weighted by Crippen LogP contribution is 2.21. The van der Waals surface area contributed by atoms with Crippen molar-refractivity contribution < 1.29 is 43.6 Å². The maximum absolute atomic E-state index is 13.4. The molecule has 2 amide bonds. The summed E-state index contributed by atoms with van der Waals surface area (Å²) in [5, 5.41) is 24.6. The number of rotatable bonds is 16.